The molecular formula is C28H23N3O3S. The van der Waals surface area contributed by atoms with Crippen LogP contribution in [-0.4, -0.2) is 26.3 Å². The predicted molar refractivity (Wildman–Crippen MR) is 136 cm³/mol. The van der Waals surface area contributed by atoms with Crippen LogP contribution in [0, 0.1) is 0 Å². The van der Waals surface area contributed by atoms with E-state index in [1.54, 1.807) is 6.26 Å². The number of aromatic nitrogens is 3. The van der Waals surface area contributed by atoms with E-state index in [-0.39, 0.29) is 5.78 Å². The highest BCUT2D eigenvalue weighted by atomic mass is 32.2. The first-order valence-corrected chi connectivity index (χ1v) is 12.2. The summed E-state index contributed by atoms with van der Waals surface area (Å²) in [5.41, 5.74) is 2.96. The second-order valence-electron chi connectivity index (χ2n) is 7.88. The molecule has 0 bridgehead atoms. The van der Waals surface area contributed by atoms with Crippen LogP contribution in [0.25, 0.3) is 17.3 Å². The molecule has 0 spiro atoms. The Morgan fingerprint density at radius 3 is 2.23 bits per heavy atom. The molecule has 0 saturated heterocycles. The number of rotatable bonds is 10. The summed E-state index contributed by atoms with van der Waals surface area (Å²) in [4.78, 5) is 12.6. The Morgan fingerprint density at radius 1 is 0.829 bits per heavy atom. The molecule has 5 aromatic rings. The SMILES string of the molecule is O=C(CSc1nnc(-c2ccco2)n1-c1ccc(OCc2ccccc2)cc1)Cc1ccccc1. The maximum absolute atomic E-state index is 12.6. The zero-order valence-electron chi connectivity index (χ0n) is 18.9. The lowest BCUT2D eigenvalue weighted by atomic mass is 10.1. The molecule has 0 amide bonds. The Balaban J connectivity index is 1.34. The topological polar surface area (TPSA) is 70.2 Å². The van der Waals surface area contributed by atoms with Gasteiger partial charge in [-0.1, -0.05) is 72.4 Å². The molecule has 0 aliphatic heterocycles. The number of thioether (sulfide) groups is 1. The van der Waals surface area contributed by atoms with Crippen molar-refractivity contribution in [1.82, 2.24) is 14.8 Å². The fraction of sp³-hybridized carbons (Fsp3) is 0.107. The summed E-state index contributed by atoms with van der Waals surface area (Å²) in [6.45, 7) is 0.495. The van der Waals surface area contributed by atoms with E-state index in [4.69, 9.17) is 9.15 Å². The van der Waals surface area contributed by atoms with E-state index >= 15 is 0 Å². The second kappa shape index (κ2) is 10.9. The third-order valence-electron chi connectivity index (χ3n) is 5.32. The van der Waals surface area contributed by atoms with Gasteiger partial charge in [0.05, 0.1) is 17.7 Å². The van der Waals surface area contributed by atoms with Gasteiger partial charge in [0.15, 0.2) is 10.9 Å². The number of Topliss-reactive ketones (excluding diaryl/α,β-unsaturated/α-hetero) is 1. The summed E-state index contributed by atoms with van der Waals surface area (Å²) in [6, 6.07) is 31.2. The van der Waals surface area contributed by atoms with Gasteiger partial charge in [-0.15, -0.1) is 10.2 Å². The van der Waals surface area contributed by atoms with Gasteiger partial charge >= 0.3 is 0 Å². The van der Waals surface area contributed by atoms with Gasteiger partial charge in [0.2, 0.25) is 5.82 Å². The number of nitrogens with zero attached hydrogens (tertiary/aromatic N) is 3. The molecule has 174 valence electrons. The molecule has 0 unspecified atom stereocenters. The summed E-state index contributed by atoms with van der Waals surface area (Å²) < 4.78 is 13.4. The normalized spacial score (nSPS) is 10.9. The van der Waals surface area contributed by atoms with Crippen molar-refractivity contribution in [2.75, 3.05) is 5.75 Å². The lowest BCUT2D eigenvalue weighted by Gasteiger charge is -2.11. The molecule has 2 aromatic heterocycles. The fourth-order valence-corrected chi connectivity index (χ4v) is 4.43. The molecule has 2 heterocycles. The number of benzene rings is 3. The Kier molecular flexibility index (Phi) is 7.05. The van der Waals surface area contributed by atoms with Crippen LogP contribution in [0.3, 0.4) is 0 Å². The summed E-state index contributed by atoms with van der Waals surface area (Å²) >= 11 is 1.37. The molecule has 0 saturated carbocycles. The van der Waals surface area contributed by atoms with E-state index in [9.17, 15) is 4.79 Å². The molecule has 0 N–H and O–H groups in total. The van der Waals surface area contributed by atoms with Crippen molar-refractivity contribution in [3.63, 3.8) is 0 Å². The molecule has 35 heavy (non-hydrogen) atoms. The van der Waals surface area contributed by atoms with Crippen LogP contribution in [0.2, 0.25) is 0 Å². The van der Waals surface area contributed by atoms with Crippen LogP contribution < -0.4 is 4.74 Å². The van der Waals surface area contributed by atoms with Crippen molar-refractivity contribution in [3.8, 4) is 23.0 Å². The zero-order valence-corrected chi connectivity index (χ0v) is 19.7. The molecule has 0 fully saturated rings. The van der Waals surface area contributed by atoms with Crippen molar-refractivity contribution in [1.29, 1.82) is 0 Å². The molecule has 0 atom stereocenters. The van der Waals surface area contributed by atoms with Crippen LogP contribution in [0.1, 0.15) is 11.1 Å². The van der Waals surface area contributed by atoms with Crippen LogP contribution >= 0.6 is 11.8 Å². The van der Waals surface area contributed by atoms with E-state index in [1.165, 1.54) is 11.8 Å². The highest BCUT2D eigenvalue weighted by Gasteiger charge is 2.19. The number of carbonyl (C=O) groups is 1. The Labute approximate surface area is 207 Å². The van der Waals surface area contributed by atoms with Gasteiger partial charge in [-0.2, -0.15) is 0 Å². The molecule has 5 rings (SSSR count). The molecule has 0 aliphatic rings. The van der Waals surface area contributed by atoms with Crippen molar-refractivity contribution in [2.24, 2.45) is 0 Å². The molecule has 0 radical (unpaired) electrons. The maximum atomic E-state index is 12.6. The maximum Gasteiger partial charge on any atom is 0.205 e. The first-order chi connectivity index (χ1) is 17.3. The highest BCUT2D eigenvalue weighted by molar-refractivity contribution is 7.99. The Morgan fingerprint density at radius 2 is 1.54 bits per heavy atom. The van der Waals surface area contributed by atoms with E-state index < -0.39 is 0 Å². The first kappa shape index (κ1) is 22.7. The second-order valence-corrected chi connectivity index (χ2v) is 8.82. The van der Waals surface area contributed by atoms with Crippen LogP contribution in [0.5, 0.6) is 5.75 Å². The smallest absolute Gasteiger partial charge is 0.205 e. The fourth-order valence-electron chi connectivity index (χ4n) is 3.61. The molecule has 0 aliphatic carbocycles. The average molecular weight is 482 g/mol. The lowest BCUT2D eigenvalue weighted by molar-refractivity contribution is -0.116. The molecule has 7 heteroatoms. The van der Waals surface area contributed by atoms with Crippen molar-refractivity contribution in [2.45, 2.75) is 18.2 Å². The largest absolute Gasteiger partial charge is 0.489 e. The van der Waals surface area contributed by atoms with Crippen LogP contribution in [-0.2, 0) is 17.8 Å². The van der Waals surface area contributed by atoms with Crippen molar-refractivity contribution >= 4 is 17.5 Å². The minimum atomic E-state index is 0.125. The quantitative estimate of drug-likeness (QED) is 0.228. The predicted octanol–water partition coefficient (Wildman–Crippen LogP) is 6.01. The minimum Gasteiger partial charge on any atom is -0.489 e. The summed E-state index contributed by atoms with van der Waals surface area (Å²) in [5, 5.41) is 9.33. The lowest BCUT2D eigenvalue weighted by Crippen LogP contribution is -2.07. The van der Waals surface area contributed by atoms with Crippen molar-refractivity contribution in [3.05, 3.63) is 114 Å². The van der Waals surface area contributed by atoms with Gasteiger partial charge in [0.1, 0.15) is 18.1 Å². The van der Waals surface area contributed by atoms with E-state index in [0.29, 0.717) is 35.5 Å². The van der Waals surface area contributed by atoms with Gasteiger partial charge in [0, 0.05) is 6.42 Å². The van der Waals surface area contributed by atoms with E-state index in [0.717, 1.165) is 22.6 Å². The minimum absolute atomic E-state index is 0.125. The standard InChI is InChI=1S/C28H23N3O3S/c32-24(18-21-8-3-1-4-9-21)20-35-28-30-29-27(26-12-7-17-33-26)31(28)23-13-15-25(16-14-23)34-19-22-10-5-2-6-11-22/h1-17H,18-20H2. The summed E-state index contributed by atoms with van der Waals surface area (Å²) in [7, 11) is 0. The Hall–Kier alpha value is -4.10. The highest BCUT2D eigenvalue weighted by Crippen LogP contribution is 2.29. The first-order valence-electron chi connectivity index (χ1n) is 11.2. The summed E-state index contributed by atoms with van der Waals surface area (Å²) in [5.74, 6) is 2.36. The number of ketones is 1. The molecular weight excluding hydrogens is 458 g/mol. The van der Waals surface area contributed by atoms with Crippen molar-refractivity contribution < 1.29 is 13.9 Å². The number of carbonyl (C=O) groups excluding carboxylic acids is 1. The monoisotopic (exact) mass is 481 g/mol. The van der Waals surface area contributed by atoms with Crippen LogP contribution in [0.4, 0.5) is 0 Å². The van der Waals surface area contributed by atoms with Gasteiger partial charge in [0.25, 0.3) is 0 Å². The third-order valence-corrected chi connectivity index (χ3v) is 6.31. The van der Waals surface area contributed by atoms with Gasteiger partial charge in [-0.05, 0) is 47.5 Å². The van der Waals surface area contributed by atoms with Gasteiger partial charge in [-0.25, -0.2) is 0 Å². The zero-order chi connectivity index (χ0) is 23.9. The third kappa shape index (κ3) is 5.70. The van der Waals surface area contributed by atoms with E-state index in [1.807, 2.05) is 102 Å². The van der Waals surface area contributed by atoms with Crippen LogP contribution in [0.15, 0.2) is 113 Å². The van der Waals surface area contributed by atoms with E-state index in [2.05, 4.69) is 10.2 Å². The molecule has 6 nitrogen and oxygen atoms in total. The summed E-state index contributed by atoms with van der Waals surface area (Å²) in [6.07, 6.45) is 1.99. The Bertz CT molecular complexity index is 1370. The number of hydrogen-bond donors (Lipinski definition) is 0. The average Bonchev–Trinajstić information content (AvgIpc) is 3.58. The van der Waals surface area contributed by atoms with Gasteiger partial charge in [-0.3, -0.25) is 9.36 Å². The van der Waals surface area contributed by atoms with Gasteiger partial charge < -0.3 is 9.15 Å². The molecule has 3 aromatic carbocycles. The number of furan rings is 1. The number of hydrogen-bond acceptors (Lipinski definition) is 6. The number of ether oxygens (including phenoxy) is 1.